The number of amides is 2. The molecule has 1 atom stereocenters. The van der Waals surface area contributed by atoms with Gasteiger partial charge < -0.3 is 15.7 Å². The van der Waals surface area contributed by atoms with Gasteiger partial charge in [-0.15, -0.1) is 0 Å². The lowest BCUT2D eigenvalue weighted by Crippen LogP contribution is -2.31. The highest BCUT2D eigenvalue weighted by atomic mass is 16.3. The van der Waals surface area contributed by atoms with Gasteiger partial charge in [-0.3, -0.25) is 0 Å². The quantitative estimate of drug-likeness (QED) is 0.653. The van der Waals surface area contributed by atoms with Crippen molar-refractivity contribution in [2.45, 2.75) is 19.4 Å². The van der Waals surface area contributed by atoms with E-state index in [1.165, 1.54) is 0 Å². The maximum atomic E-state index is 12.4. The van der Waals surface area contributed by atoms with Crippen molar-refractivity contribution >= 4 is 22.5 Å². The van der Waals surface area contributed by atoms with Crippen LogP contribution in [0.4, 0.5) is 10.5 Å². The number of hydrogen-bond acceptors (Lipinski definition) is 2. The van der Waals surface area contributed by atoms with E-state index in [4.69, 9.17) is 5.11 Å². The summed E-state index contributed by atoms with van der Waals surface area (Å²) in [7, 11) is 0. The minimum absolute atomic E-state index is 0.0483. The minimum atomic E-state index is -0.258. The van der Waals surface area contributed by atoms with Crippen LogP contribution in [0.5, 0.6) is 0 Å². The predicted octanol–water partition coefficient (Wildman–Crippen LogP) is 4.26. The highest BCUT2D eigenvalue weighted by molar-refractivity contribution is 5.91. The zero-order chi connectivity index (χ0) is 17.6. The molecule has 0 bridgehead atoms. The van der Waals surface area contributed by atoms with Gasteiger partial charge in [0.1, 0.15) is 0 Å². The van der Waals surface area contributed by atoms with Crippen LogP contribution in [0.25, 0.3) is 10.8 Å². The molecule has 3 N–H and O–H groups in total. The summed E-state index contributed by atoms with van der Waals surface area (Å²) in [6.07, 6.45) is 0.509. The minimum Gasteiger partial charge on any atom is -0.396 e. The highest BCUT2D eigenvalue weighted by Gasteiger charge is 2.13. The molecule has 4 nitrogen and oxygen atoms in total. The van der Waals surface area contributed by atoms with Crippen molar-refractivity contribution in [2.24, 2.45) is 0 Å². The van der Waals surface area contributed by atoms with Crippen LogP contribution < -0.4 is 10.6 Å². The third-order valence-electron chi connectivity index (χ3n) is 4.28. The molecule has 0 saturated carbocycles. The van der Waals surface area contributed by atoms with Crippen LogP contribution in [0.15, 0.2) is 66.7 Å². The summed E-state index contributed by atoms with van der Waals surface area (Å²) in [5, 5.41) is 17.3. The number of urea groups is 1. The Bertz CT molecular complexity index is 871. The van der Waals surface area contributed by atoms with Crippen LogP contribution in [-0.2, 0) is 6.42 Å². The molecule has 0 radical (unpaired) electrons. The van der Waals surface area contributed by atoms with Crippen molar-refractivity contribution in [3.63, 3.8) is 0 Å². The fourth-order valence-electron chi connectivity index (χ4n) is 3.04. The number of carbonyl (C=O) groups is 1. The Hall–Kier alpha value is -2.85. The number of aliphatic hydroxyl groups is 1. The number of fused-ring (bicyclic) bond motifs is 1. The predicted molar refractivity (Wildman–Crippen MR) is 102 cm³/mol. The van der Waals surface area contributed by atoms with Crippen molar-refractivity contribution < 1.29 is 9.90 Å². The Balaban J connectivity index is 1.74. The topological polar surface area (TPSA) is 61.4 Å². The average Bonchev–Trinajstić information content (AvgIpc) is 2.63. The first-order valence-corrected chi connectivity index (χ1v) is 8.43. The molecular formula is C21H22N2O2. The van der Waals surface area contributed by atoms with Crippen molar-refractivity contribution in [2.75, 3.05) is 11.9 Å². The second kappa shape index (κ2) is 7.81. The molecule has 0 fully saturated rings. The molecule has 4 heteroatoms. The first-order valence-electron chi connectivity index (χ1n) is 8.43. The van der Waals surface area contributed by atoms with Crippen molar-refractivity contribution in [1.29, 1.82) is 0 Å². The van der Waals surface area contributed by atoms with E-state index in [1.54, 1.807) is 0 Å². The van der Waals surface area contributed by atoms with Crippen LogP contribution in [0.2, 0.25) is 0 Å². The Morgan fingerprint density at radius 1 is 1.00 bits per heavy atom. The second-order valence-electron chi connectivity index (χ2n) is 6.02. The van der Waals surface area contributed by atoms with Gasteiger partial charge in [-0.25, -0.2) is 4.79 Å². The zero-order valence-electron chi connectivity index (χ0n) is 14.2. The van der Waals surface area contributed by atoms with Gasteiger partial charge in [-0.05, 0) is 41.3 Å². The number of rotatable bonds is 5. The first-order chi connectivity index (χ1) is 12.2. The van der Waals surface area contributed by atoms with E-state index in [1.807, 2.05) is 55.5 Å². The molecule has 0 aliphatic heterocycles. The fourth-order valence-corrected chi connectivity index (χ4v) is 3.04. The third-order valence-corrected chi connectivity index (χ3v) is 4.28. The van der Waals surface area contributed by atoms with E-state index >= 15 is 0 Å². The molecular weight excluding hydrogens is 312 g/mol. The maximum absolute atomic E-state index is 12.4. The molecule has 0 aliphatic rings. The van der Waals surface area contributed by atoms with E-state index in [0.29, 0.717) is 6.42 Å². The molecule has 3 aromatic rings. The molecule has 0 aliphatic carbocycles. The van der Waals surface area contributed by atoms with Crippen molar-refractivity contribution in [3.05, 3.63) is 77.9 Å². The van der Waals surface area contributed by atoms with E-state index in [0.717, 1.165) is 27.6 Å². The summed E-state index contributed by atoms with van der Waals surface area (Å²) in [6, 6.07) is 21.4. The van der Waals surface area contributed by atoms with Crippen molar-refractivity contribution in [3.8, 4) is 0 Å². The standard InChI is InChI=1S/C21H22N2O2/c1-15(18-11-6-9-16-7-2-4-10-19(16)18)22-21(25)23-20-12-5-3-8-17(20)13-14-24/h2-12,15,24H,13-14H2,1H3,(H2,22,23,25). The lowest BCUT2D eigenvalue weighted by atomic mass is 10.00. The molecule has 0 aromatic heterocycles. The summed E-state index contributed by atoms with van der Waals surface area (Å²) >= 11 is 0. The number of aliphatic hydroxyl groups excluding tert-OH is 1. The Kier molecular flexibility index (Phi) is 5.31. The van der Waals surface area contributed by atoms with Crippen LogP contribution in [0.1, 0.15) is 24.1 Å². The summed E-state index contributed by atoms with van der Waals surface area (Å²) in [5.41, 5.74) is 2.72. The number of benzene rings is 3. The van der Waals surface area contributed by atoms with Crippen LogP contribution in [0, 0.1) is 0 Å². The van der Waals surface area contributed by atoms with Crippen LogP contribution >= 0.6 is 0 Å². The summed E-state index contributed by atoms with van der Waals surface area (Å²) in [6.45, 7) is 2.02. The van der Waals surface area contributed by atoms with Gasteiger partial charge in [0.15, 0.2) is 0 Å². The molecule has 1 unspecified atom stereocenters. The average molecular weight is 334 g/mol. The van der Waals surface area contributed by atoms with Crippen LogP contribution in [0.3, 0.4) is 0 Å². The second-order valence-corrected chi connectivity index (χ2v) is 6.02. The van der Waals surface area contributed by atoms with Gasteiger partial charge in [0.2, 0.25) is 0 Å². The lowest BCUT2D eigenvalue weighted by molar-refractivity contribution is 0.249. The Labute approximate surface area is 147 Å². The summed E-state index contributed by atoms with van der Waals surface area (Å²) < 4.78 is 0. The number of anilines is 1. The molecule has 3 rings (SSSR count). The number of carbonyl (C=O) groups excluding carboxylic acids is 1. The molecule has 0 spiro atoms. The van der Waals surface area contributed by atoms with E-state index < -0.39 is 0 Å². The molecule has 3 aromatic carbocycles. The smallest absolute Gasteiger partial charge is 0.319 e. The van der Waals surface area contributed by atoms with Gasteiger partial charge in [-0.1, -0.05) is 60.7 Å². The SMILES string of the molecule is CC(NC(=O)Nc1ccccc1CCO)c1cccc2ccccc12. The highest BCUT2D eigenvalue weighted by Crippen LogP contribution is 2.24. The third kappa shape index (κ3) is 3.98. The molecule has 128 valence electrons. The number of nitrogens with one attached hydrogen (secondary N) is 2. The fraction of sp³-hybridized carbons (Fsp3) is 0.190. The van der Waals surface area contributed by atoms with Gasteiger partial charge >= 0.3 is 6.03 Å². The lowest BCUT2D eigenvalue weighted by Gasteiger charge is -2.18. The van der Waals surface area contributed by atoms with E-state index in [-0.39, 0.29) is 18.7 Å². The molecule has 25 heavy (non-hydrogen) atoms. The molecule has 0 saturated heterocycles. The Morgan fingerprint density at radius 2 is 1.72 bits per heavy atom. The maximum Gasteiger partial charge on any atom is 0.319 e. The van der Waals surface area contributed by atoms with E-state index in [2.05, 4.69) is 28.8 Å². The molecule has 0 heterocycles. The van der Waals surface area contributed by atoms with E-state index in [9.17, 15) is 4.79 Å². The summed E-state index contributed by atoms with van der Waals surface area (Å²) in [5.74, 6) is 0. The van der Waals surface area contributed by atoms with Gasteiger partial charge in [-0.2, -0.15) is 0 Å². The first kappa shape index (κ1) is 17.0. The number of para-hydroxylation sites is 1. The van der Waals surface area contributed by atoms with Gasteiger partial charge in [0, 0.05) is 12.3 Å². The van der Waals surface area contributed by atoms with Crippen LogP contribution in [-0.4, -0.2) is 17.7 Å². The largest absolute Gasteiger partial charge is 0.396 e. The molecule has 2 amide bonds. The normalized spacial score (nSPS) is 11.9. The monoisotopic (exact) mass is 334 g/mol. The van der Waals surface area contributed by atoms with Gasteiger partial charge in [0.25, 0.3) is 0 Å². The zero-order valence-corrected chi connectivity index (χ0v) is 14.2. The van der Waals surface area contributed by atoms with Gasteiger partial charge in [0.05, 0.1) is 6.04 Å². The Morgan fingerprint density at radius 3 is 2.56 bits per heavy atom. The summed E-state index contributed by atoms with van der Waals surface area (Å²) in [4.78, 5) is 12.4. The number of hydrogen-bond donors (Lipinski definition) is 3. The van der Waals surface area contributed by atoms with Crippen molar-refractivity contribution in [1.82, 2.24) is 5.32 Å².